The van der Waals surface area contributed by atoms with Gasteiger partial charge in [0.25, 0.3) is 0 Å². The van der Waals surface area contributed by atoms with Gasteiger partial charge in [-0.3, -0.25) is 62.3 Å². The molecule has 0 saturated carbocycles. The molecule has 13 amide bonds. The maximum absolute atomic E-state index is 14.9. The molecule has 27 nitrogen and oxygen atoms in total. The smallest absolute Gasteiger partial charge is 0.245 e. The molecule has 12 atom stereocenters. The Labute approximate surface area is 591 Å². The van der Waals surface area contributed by atoms with Crippen LogP contribution in [-0.2, 0) is 75.2 Å². The first-order valence-corrected chi connectivity index (χ1v) is 35.5. The summed E-state index contributed by atoms with van der Waals surface area (Å²) in [5, 5.41) is 29.8. The molecule has 0 aliphatic carbocycles. The summed E-state index contributed by atoms with van der Waals surface area (Å²) >= 11 is 0. The van der Waals surface area contributed by atoms with E-state index in [1.165, 1.54) is 59.5 Å². The highest BCUT2D eigenvalue weighted by Crippen LogP contribution is 2.22. The molecule has 0 unspecified atom stereocenters. The van der Waals surface area contributed by atoms with Crippen molar-refractivity contribution in [2.75, 3.05) is 60.9 Å². The number of likely N-dealkylation sites (N-methyl/N-ethyl adjacent to an activating group) is 4. The maximum Gasteiger partial charge on any atom is 0.245 e. The lowest BCUT2D eigenvalue weighted by Crippen LogP contribution is -2.61. The minimum absolute atomic E-state index is 0.0384. The molecular formula is C73H115N13O14. The van der Waals surface area contributed by atoms with Gasteiger partial charge in [0, 0.05) is 67.2 Å². The number of rotatable bonds is 38. The third-order valence-electron chi connectivity index (χ3n) is 18.6. The number of nitrogens with zero attached hydrogens (tertiary/aromatic N) is 6. The van der Waals surface area contributed by atoms with Crippen molar-refractivity contribution in [2.45, 2.75) is 220 Å². The summed E-state index contributed by atoms with van der Waals surface area (Å²) in [7, 11) is 5.85. The van der Waals surface area contributed by atoms with Gasteiger partial charge in [0.1, 0.15) is 60.4 Å². The minimum Gasteiger partial charge on any atom is -0.391 e. The van der Waals surface area contributed by atoms with Crippen LogP contribution in [0.3, 0.4) is 0 Å². The summed E-state index contributed by atoms with van der Waals surface area (Å²) < 4.78 is 0. The van der Waals surface area contributed by atoms with Crippen molar-refractivity contribution in [1.82, 2.24) is 66.6 Å². The minimum atomic E-state index is -1.55. The standard InChI is InChI=1S/C73H115N13O14/c1-17-48(10)63(84(16)72(99)54(37-45(4)5)76-66(93)61(47(8)9)79-59(89)40-56(73(100)85-33-25-20-26-34-85)75-65(92)57-32-27-35-86(57)43-87)68(95)78-53(36-44(2)3)71(98)82(14)49(11)69(96)83(15)58(39-52-30-23-19-24-31-52)64(91)74-41-60(90)80-62(50(12)88)67(94)77-55(38-51-28-21-18-22-29-51)70(97)81(13)42-46(6)7/h18-19,21-24,28-31,43-50,53-58,61-63,88H,17,20,25-27,32-42H2,1-16H3,(H,74,91)(H,75,92)(H,76,93)(H,77,94)(H,78,95)(H,79,89)(H,80,90)/t48-,49-,50+,53-,54+,55+,56-,57-,58-,61+,62+,63-/m0/s1. The van der Waals surface area contributed by atoms with Crippen LogP contribution in [0.5, 0.6) is 0 Å². The van der Waals surface area contributed by atoms with Gasteiger partial charge >= 0.3 is 0 Å². The number of hydrogen-bond acceptors (Lipinski definition) is 14. The van der Waals surface area contributed by atoms with Crippen LogP contribution >= 0.6 is 0 Å². The highest BCUT2D eigenvalue weighted by Gasteiger charge is 2.42. The van der Waals surface area contributed by atoms with Gasteiger partial charge < -0.3 is 71.7 Å². The van der Waals surface area contributed by atoms with Crippen LogP contribution in [0, 0.1) is 29.6 Å². The van der Waals surface area contributed by atoms with Crippen molar-refractivity contribution in [2.24, 2.45) is 29.6 Å². The number of carbonyl (C=O) groups is 13. The number of likely N-dealkylation sites (tertiary alicyclic amines) is 2. The average molecular weight is 1400 g/mol. The van der Waals surface area contributed by atoms with Crippen LogP contribution in [0.15, 0.2) is 60.7 Å². The fourth-order valence-electron chi connectivity index (χ4n) is 12.7. The Bertz CT molecular complexity index is 3070. The van der Waals surface area contributed by atoms with Crippen LogP contribution in [-0.4, -0.2) is 239 Å². The van der Waals surface area contributed by atoms with E-state index >= 15 is 0 Å². The molecule has 0 spiro atoms. The van der Waals surface area contributed by atoms with Gasteiger partial charge in [-0.15, -0.1) is 0 Å². The van der Waals surface area contributed by atoms with Crippen LogP contribution in [0.25, 0.3) is 0 Å². The van der Waals surface area contributed by atoms with E-state index in [0.29, 0.717) is 57.4 Å². The van der Waals surface area contributed by atoms with Crippen LogP contribution in [0.4, 0.5) is 0 Å². The molecule has 2 heterocycles. The Morgan fingerprint density at radius 1 is 0.540 bits per heavy atom. The van der Waals surface area contributed by atoms with Gasteiger partial charge in [-0.2, -0.15) is 0 Å². The second kappa shape index (κ2) is 40.7. The Morgan fingerprint density at radius 3 is 1.58 bits per heavy atom. The zero-order valence-electron chi connectivity index (χ0n) is 61.8. The first-order valence-electron chi connectivity index (χ1n) is 35.5. The molecule has 556 valence electrons. The second-order valence-corrected chi connectivity index (χ2v) is 28.7. The molecule has 4 rings (SSSR count). The lowest BCUT2D eigenvalue weighted by Gasteiger charge is -2.37. The molecule has 2 aromatic carbocycles. The van der Waals surface area contributed by atoms with Gasteiger partial charge in [0.2, 0.25) is 77.3 Å². The fourth-order valence-corrected chi connectivity index (χ4v) is 12.7. The van der Waals surface area contributed by atoms with Crippen molar-refractivity contribution in [1.29, 1.82) is 0 Å². The van der Waals surface area contributed by atoms with Crippen LogP contribution in [0.2, 0.25) is 0 Å². The first kappa shape index (κ1) is 83.9. The molecule has 0 aromatic heterocycles. The largest absolute Gasteiger partial charge is 0.391 e. The monoisotopic (exact) mass is 1400 g/mol. The number of aliphatic hydroxyl groups is 1. The van der Waals surface area contributed by atoms with E-state index in [4.69, 9.17) is 0 Å². The number of nitrogens with one attached hydrogen (secondary N) is 7. The molecule has 0 bridgehead atoms. The second-order valence-electron chi connectivity index (χ2n) is 28.7. The van der Waals surface area contributed by atoms with E-state index in [9.17, 15) is 67.4 Å². The Morgan fingerprint density at radius 2 is 1.06 bits per heavy atom. The van der Waals surface area contributed by atoms with E-state index in [1.54, 1.807) is 75.2 Å². The quantitative estimate of drug-likeness (QED) is 0.0448. The topological polar surface area (TPSA) is 346 Å². The van der Waals surface area contributed by atoms with Gasteiger partial charge in [-0.05, 0) is 99.5 Å². The molecule has 2 saturated heterocycles. The predicted molar refractivity (Wildman–Crippen MR) is 378 cm³/mol. The summed E-state index contributed by atoms with van der Waals surface area (Å²) in [5.74, 6) is -9.20. The van der Waals surface area contributed by atoms with Gasteiger partial charge in [-0.1, -0.05) is 136 Å². The van der Waals surface area contributed by atoms with Crippen molar-refractivity contribution in [3.8, 4) is 0 Å². The number of carbonyl (C=O) groups excluding carboxylic acids is 13. The van der Waals surface area contributed by atoms with Crippen molar-refractivity contribution in [3.63, 3.8) is 0 Å². The number of benzene rings is 2. The molecule has 0 radical (unpaired) electrons. The van der Waals surface area contributed by atoms with E-state index in [0.717, 1.165) is 24.8 Å². The van der Waals surface area contributed by atoms with Gasteiger partial charge in [-0.25, -0.2) is 0 Å². The predicted octanol–water partition coefficient (Wildman–Crippen LogP) is 2.31. The molecular weight excluding hydrogens is 1280 g/mol. The maximum atomic E-state index is 14.9. The molecule has 2 aromatic rings. The fraction of sp³-hybridized carbons (Fsp3) is 0.658. The molecule has 100 heavy (non-hydrogen) atoms. The van der Waals surface area contributed by atoms with Gasteiger partial charge in [0.05, 0.1) is 19.1 Å². The molecule has 2 aliphatic heterocycles. The number of hydrogen-bond donors (Lipinski definition) is 8. The number of aliphatic hydroxyl groups excluding tert-OH is 1. The molecule has 2 fully saturated rings. The highest BCUT2D eigenvalue weighted by atomic mass is 16.3. The van der Waals surface area contributed by atoms with E-state index < -0.39 is 156 Å². The normalized spacial score (nSPS) is 17.1. The van der Waals surface area contributed by atoms with Crippen LogP contribution in [0.1, 0.15) is 152 Å². The summed E-state index contributed by atoms with van der Waals surface area (Å²) in [6, 6.07) is 5.76. The lowest BCUT2D eigenvalue weighted by atomic mass is 9.94. The highest BCUT2D eigenvalue weighted by molar-refractivity contribution is 5.99. The summed E-state index contributed by atoms with van der Waals surface area (Å²) in [6.45, 7) is 22.1. The zero-order valence-corrected chi connectivity index (χ0v) is 61.8. The molecule has 8 N–H and O–H groups in total. The molecule has 2 aliphatic rings. The Balaban J connectivity index is 1.52. The summed E-state index contributed by atoms with van der Waals surface area (Å²) in [4.78, 5) is 191. The zero-order chi connectivity index (χ0) is 74.8. The lowest BCUT2D eigenvalue weighted by molar-refractivity contribution is -0.149. The van der Waals surface area contributed by atoms with E-state index in [-0.39, 0.29) is 49.3 Å². The van der Waals surface area contributed by atoms with Crippen molar-refractivity contribution >= 4 is 77.3 Å². The van der Waals surface area contributed by atoms with E-state index in [2.05, 4.69) is 37.2 Å². The third kappa shape index (κ3) is 25.3. The average Bonchev–Trinajstić information content (AvgIpc) is 0.961. The number of piperidine rings is 1. The Kier molecular flexibility index (Phi) is 34.1. The SMILES string of the molecule is CC[C@H](C)[C@@H](C(=O)N[C@@H](CC(C)C)C(=O)N(C)[C@@H](C)C(=O)N(C)[C@@H](Cc1ccccc1)C(=O)NCC(=O)N[C@@H](C(=O)N[C@H](Cc1ccccc1)C(=O)N(C)CC(C)C)[C@@H](C)O)N(C)C(=O)[C@@H](CC(C)C)NC(=O)[C@H](NC(=O)C[C@H](NC(=O)[C@@H]1CCCN1C=O)C(=O)N1CCCCC1)C(C)C. The molecule has 27 heteroatoms. The van der Waals surface area contributed by atoms with Crippen molar-refractivity contribution in [3.05, 3.63) is 71.8 Å². The Hall–Kier alpha value is -8.49. The summed E-state index contributed by atoms with van der Waals surface area (Å²) in [6.07, 6.45) is 2.76. The third-order valence-corrected chi connectivity index (χ3v) is 18.6. The van der Waals surface area contributed by atoms with Crippen LogP contribution < -0.4 is 37.2 Å². The summed E-state index contributed by atoms with van der Waals surface area (Å²) in [5.41, 5.74) is 1.41. The van der Waals surface area contributed by atoms with Crippen molar-refractivity contribution < 1.29 is 67.4 Å². The number of amides is 13. The van der Waals surface area contributed by atoms with Gasteiger partial charge in [0.15, 0.2) is 0 Å². The first-order chi connectivity index (χ1) is 47.1. The van der Waals surface area contributed by atoms with E-state index in [1.807, 2.05) is 66.7 Å².